The Kier molecular flexibility index (Phi) is 2.65. The summed E-state index contributed by atoms with van der Waals surface area (Å²) < 4.78 is 0. The zero-order valence-electron chi connectivity index (χ0n) is 6.18. The molecular formula is C8H14S. The predicted molar refractivity (Wildman–Crippen MR) is 44.9 cm³/mol. The second kappa shape index (κ2) is 3.31. The van der Waals surface area contributed by atoms with Gasteiger partial charge in [-0.15, -0.1) is 0 Å². The monoisotopic (exact) mass is 142 g/mol. The smallest absolute Gasteiger partial charge is 0.00559 e. The Morgan fingerprint density at radius 2 is 2.44 bits per heavy atom. The molecule has 0 aromatic heterocycles. The molecule has 0 N–H and O–H groups in total. The lowest BCUT2D eigenvalue weighted by molar-refractivity contribution is 0.846. The molecule has 0 bridgehead atoms. The first-order valence-electron chi connectivity index (χ1n) is 3.58. The van der Waals surface area contributed by atoms with Crippen molar-refractivity contribution in [1.82, 2.24) is 0 Å². The highest BCUT2D eigenvalue weighted by Gasteiger charge is 2.11. The molecule has 0 amide bonds. The van der Waals surface area contributed by atoms with E-state index in [9.17, 15) is 0 Å². The van der Waals surface area contributed by atoms with Crippen LogP contribution in [0, 0.1) is 0 Å². The summed E-state index contributed by atoms with van der Waals surface area (Å²) in [4.78, 5) is 0. The summed E-state index contributed by atoms with van der Waals surface area (Å²) in [5, 5.41) is 0.866. The van der Waals surface area contributed by atoms with Crippen LogP contribution in [0.3, 0.4) is 0 Å². The van der Waals surface area contributed by atoms with Crippen molar-refractivity contribution in [2.24, 2.45) is 0 Å². The third kappa shape index (κ3) is 2.05. The summed E-state index contributed by atoms with van der Waals surface area (Å²) in [5.41, 5.74) is 1.65. The van der Waals surface area contributed by atoms with E-state index >= 15 is 0 Å². The van der Waals surface area contributed by atoms with Gasteiger partial charge in [0.25, 0.3) is 0 Å². The summed E-state index contributed by atoms with van der Waals surface area (Å²) in [6.07, 6.45) is 4.92. The molecule has 1 heterocycles. The Balaban J connectivity index is 2.41. The molecule has 0 saturated carbocycles. The van der Waals surface area contributed by atoms with Gasteiger partial charge in [-0.1, -0.05) is 18.6 Å². The van der Waals surface area contributed by atoms with Crippen molar-refractivity contribution in [3.05, 3.63) is 11.6 Å². The Labute approximate surface area is 61.7 Å². The van der Waals surface area contributed by atoms with Crippen molar-refractivity contribution < 1.29 is 0 Å². The zero-order valence-corrected chi connectivity index (χ0v) is 7.00. The van der Waals surface area contributed by atoms with Crippen LogP contribution < -0.4 is 0 Å². The van der Waals surface area contributed by atoms with Crippen LogP contribution in [0.4, 0.5) is 0 Å². The van der Waals surface area contributed by atoms with Gasteiger partial charge >= 0.3 is 0 Å². The Bertz CT molecular complexity index is 116. The Morgan fingerprint density at radius 3 is 2.89 bits per heavy atom. The van der Waals surface area contributed by atoms with E-state index in [-0.39, 0.29) is 0 Å². The standard InChI is InChI=1S/C8H14S/c1-3-8-4-5-9-7(2)6-8/h3,7H,4-6H2,1-2H3. The molecule has 1 atom stereocenters. The van der Waals surface area contributed by atoms with Crippen LogP contribution in [-0.4, -0.2) is 11.0 Å². The quantitative estimate of drug-likeness (QED) is 0.469. The van der Waals surface area contributed by atoms with Crippen molar-refractivity contribution in [2.45, 2.75) is 31.9 Å². The van der Waals surface area contributed by atoms with Gasteiger partial charge in [-0.3, -0.25) is 0 Å². The summed E-state index contributed by atoms with van der Waals surface area (Å²) in [6, 6.07) is 0. The van der Waals surface area contributed by atoms with Gasteiger partial charge in [0.1, 0.15) is 0 Å². The molecule has 1 saturated heterocycles. The van der Waals surface area contributed by atoms with Gasteiger partial charge in [-0.05, 0) is 25.5 Å². The van der Waals surface area contributed by atoms with Crippen molar-refractivity contribution >= 4 is 11.8 Å². The molecule has 1 fully saturated rings. The van der Waals surface area contributed by atoms with Crippen LogP contribution in [0.25, 0.3) is 0 Å². The molecule has 1 aliphatic rings. The van der Waals surface area contributed by atoms with E-state index in [4.69, 9.17) is 0 Å². The Hall–Kier alpha value is 0.0900. The van der Waals surface area contributed by atoms with Crippen molar-refractivity contribution in [3.63, 3.8) is 0 Å². The van der Waals surface area contributed by atoms with E-state index in [0.717, 1.165) is 5.25 Å². The minimum Gasteiger partial charge on any atom is -0.158 e. The first-order chi connectivity index (χ1) is 4.33. The first kappa shape index (κ1) is 7.20. The predicted octanol–water partition coefficient (Wildman–Crippen LogP) is 2.85. The van der Waals surface area contributed by atoms with Crippen LogP contribution in [0.2, 0.25) is 0 Å². The van der Waals surface area contributed by atoms with E-state index in [2.05, 4.69) is 31.7 Å². The molecule has 52 valence electrons. The molecule has 0 aromatic carbocycles. The van der Waals surface area contributed by atoms with Crippen molar-refractivity contribution in [1.29, 1.82) is 0 Å². The topological polar surface area (TPSA) is 0 Å². The van der Waals surface area contributed by atoms with Crippen LogP contribution >= 0.6 is 11.8 Å². The maximum absolute atomic E-state index is 2.31. The largest absolute Gasteiger partial charge is 0.158 e. The normalized spacial score (nSPS) is 33.1. The highest BCUT2D eigenvalue weighted by molar-refractivity contribution is 7.99. The molecular weight excluding hydrogens is 128 g/mol. The fourth-order valence-corrected chi connectivity index (χ4v) is 2.30. The fourth-order valence-electron chi connectivity index (χ4n) is 1.18. The first-order valence-corrected chi connectivity index (χ1v) is 4.63. The van der Waals surface area contributed by atoms with Crippen molar-refractivity contribution in [2.75, 3.05) is 5.75 Å². The highest BCUT2D eigenvalue weighted by atomic mass is 32.2. The van der Waals surface area contributed by atoms with Gasteiger partial charge in [-0.25, -0.2) is 0 Å². The molecule has 9 heavy (non-hydrogen) atoms. The average Bonchev–Trinajstić information content (AvgIpc) is 1.88. The lowest BCUT2D eigenvalue weighted by Crippen LogP contribution is -2.06. The second-order valence-corrected chi connectivity index (χ2v) is 4.13. The van der Waals surface area contributed by atoms with Gasteiger partial charge in [0.2, 0.25) is 0 Å². The number of hydrogen-bond acceptors (Lipinski definition) is 1. The molecule has 0 nitrogen and oxygen atoms in total. The zero-order chi connectivity index (χ0) is 6.69. The van der Waals surface area contributed by atoms with E-state index in [1.165, 1.54) is 18.6 Å². The van der Waals surface area contributed by atoms with Gasteiger partial charge in [0.05, 0.1) is 0 Å². The molecule has 0 aromatic rings. The minimum atomic E-state index is 0.866. The van der Waals surface area contributed by atoms with Crippen LogP contribution in [0.1, 0.15) is 26.7 Å². The van der Waals surface area contributed by atoms with Crippen LogP contribution in [-0.2, 0) is 0 Å². The number of rotatable bonds is 0. The third-order valence-electron chi connectivity index (χ3n) is 1.78. The van der Waals surface area contributed by atoms with Gasteiger partial charge in [-0.2, -0.15) is 11.8 Å². The fraction of sp³-hybridized carbons (Fsp3) is 0.750. The molecule has 0 spiro atoms. The summed E-state index contributed by atoms with van der Waals surface area (Å²) in [5.74, 6) is 1.33. The number of thioether (sulfide) groups is 1. The SMILES string of the molecule is CC=C1CCSC(C)C1. The third-order valence-corrected chi connectivity index (χ3v) is 2.96. The highest BCUT2D eigenvalue weighted by Crippen LogP contribution is 2.28. The van der Waals surface area contributed by atoms with E-state index in [1.54, 1.807) is 5.57 Å². The summed E-state index contributed by atoms with van der Waals surface area (Å²) >= 11 is 2.10. The summed E-state index contributed by atoms with van der Waals surface area (Å²) in [6.45, 7) is 4.46. The van der Waals surface area contributed by atoms with E-state index in [1.807, 2.05) is 0 Å². The minimum absolute atomic E-state index is 0.866. The van der Waals surface area contributed by atoms with E-state index in [0.29, 0.717) is 0 Å². The molecule has 1 unspecified atom stereocenters. The lowest BCUT2D eigenvalue weighted by Gasteiger charge is -2.19. The number of allylic oxidation sites excluding steroid dienone is 2. The van der Waals surface area contributed by atoms with Gasteiger partial charge < -0.3 is 0 Å². The van der Waals surface area contributed by atoms with Crippen molar-refractivity contribution in [3.8, 4) is 0 Å². The second-order valence-electron chi connectivity index (χ2n) is 2.58. The number of hydrogen-bond donors (Lipinski definition) is 0. The average molecular weight is 142 g/mol. The molecule has 0 radical (unpaired) electrons. The van der Waals surface area contributed by atoms with Crippen LogP contribution in [0.5, 0.6) is 0 Å². The molecule has 0 aliphatic carbocycles. The molecule has 1 rings (SSSR count). The lowest BCUT2D eigenvalue weighted by atomic mass is 10.1. The summed E-state index contributed by atoms with van der Waals surface area (Å²) in [7, 11) is 0. The van der Waals surface area contributed by atoms with E-state index < -0.39 is 0 Å². The maximum Gasteiger partial charge on any atom is 0.00559 e. The van der Waals surface area contributed by atoms with Gasteiger partial charge in [0, 0.05) is 5.25 Å². The van der Waals surface area contributed by atoms with Gasteiger partial charge in [0.15, 0.2) is 0 Å². The molecule has 1 aliphatic heterocycles. The van der Waals surface area contributed by atoms with Crippen LogP contribution in [0.15, 0.2) is 11.6 Å². The molecule has 1 heteroatoms. The maximum atomic E-state index is 2.31. The Morgan fingerprint density at radius 1 is 1.67 bits per heavy atom.